The number of hydrogen-bond acceptors (Lipinski definition) is 10. The van der Waals surface area contributed by atoms with E-state index in [0.29, 0.717) is 23.3 Å². The average molecular weight is 593 g/mol. The van der Waals surface area contributed by atoms with Crippen LogP contribution in [0.5, 0.6) is 11.5 Å². The second-order valence-electron chi connectivity index (χ2n) is 9.64. The van der Waals surface area contributed by atoms with Crippen molar-refractivity contribution in [1.82, 2.24) is 19.6 Å². The first-order valence-electron chi connectivity index (χ1n) is 13.1. The molecule has 4 rings (SSSR count). The monoisotopic (exact) mass is 592 g/mol. The Morgan fingerprint density at radius 3 is 1.42 bits per heavy atom. The van der Waals surface area contributed by atoms with Crippen LogP contribution in [0.1, 0.15) is 6.42 Å². The van der Waals surface area contributed by atoms with Gasteiger partial charge in [0, 0.05) is 49.5 Å². The number of azo groups is 2. The standard InChI is InChI=1S/C27H38N12O2.2CH3/c1-34(22-12-10-20(16-24(22)40-7)30-32-26-36(3)18-28-38(26)5)14-9-15-35(2)23-13-11-21(17-25(23)41-8)31-33-27-37(4)19-29-39(27)6;;/h10-13,16-19H,9,14-15H2,1-8H3;2*1H3/q+2;2*-1. The Labute approximate surface area is 254 Å². The highest BCUT2D eigenvalue weighted by Crippen LogP contribution is 2.34. The van der Waals surface area contributed by atoms with E-state index in [2.05, 4.69) is 54.5 Å². The van der Waals surface area contributed by atoms with E-state index in [1.807, 2.05) is 64.6 Å². The molecule has 2 aromatic carbocycles. The van der Waals surface area contributed by atoms with Crippen molar-refractivity contribution in [2.45, 2.75) is 6.42 Å². The van der Waals surface area contributed by atoms with E-state index < -0.39 is 0 Å². The first-order chi connectivity index (χ1) is 19.7. The van der Waals surface area contributed by atoms with Crippen molar-refractivity contribution in [2.24, 2.45) is 48.6 Å². The van der Waals surface area contributed by atoms with Crippen LogP contribution in [-0.4, -0.2) is 61.0 Å². The molecule has 0 fully saturated rings. The van der Waals surface area contributed by atoms with Crippen molar-refractivity contribution >= 4 is 34.6 Å². The Morgan fingerprint density at radius 2 is 1.09 bits per heavy atom. The van der Waals surface area contributed by atoms with Gasteiger partial charge in [-0.1, -0.05) is 10.2 Å². The van der Waals surface area contributed by atoms with E-state index in [1.54, 1.807) is 45.4 Å². The molecular formula is C29H44N12O2. The van der Waals surface area contributed by atoms with Gasteiger partial charge in [0.15, 0.2) is 0 Å². The maximum Gasteiger partial charge on any atom is 0.403 e. The van der Waals surface area contributed by atoms with Gasteiger partial charge in [0.25, 0.3) is 0 Å². The molecule has 0 aliphatic heterocycles. The summed E-state index contributed by atoms with van der Waals surface area (Å²) in [5.74, 6) is 2.75. The number of aromatic nitrogens is 6. The Hall–Kier alpha value is -4.88. The fourth-order valence-corrected chi connectivity index (χ4v) is 4.32. The molecule has 0 spiro atoms. The highest BCUT2D eigenvalue weighted by Gasteiger charge is 2.15. The lowest BCUT2D eigenvalue weighted by Gasteiger charge is -2.25. The van der Waals surface area contributed by atoms with E-state index in [-0.39, 0.29) is 14.9 Å². The largest absolute Gasteiger partial charge is 0.495 e. The lowest BCUT2D eigenvalue weighted by atomic mass is 10.2. The summed E-state index contributed by atoms with van der Waals surface area (Å²) in [6, 6.07) is 11.6. The van der Waals surface area contributed by atoms with Gasteiger partial charge in [-0.05, 0) is 40.9 Å². The van der Waals surface area contributed by atoms with Gasteiger partial charge >= 0.3 is 11.9 Å². The minimum atomic E-state index is 0. The fraction of sp³-hybridized carbons (Fsp3) is 0.379. The summed E-state index contributed by atoms with van der Waals surface area (Å²) in [5, 5.41) is 25.7. The molecule has 0 unspecified atom stereocenters. The number of hydrogen-bond donors (Lipinski definition) is 0. The topological polar surface area (TPSA) is 118 Å². The van der Waals surface area contributed by atoms with E-state index in [4.69, 9.17) is 9.47 Å². The summed E-state index contributed by atoms with van der Waals surface area (Å²) in [7, 11) is 14.8. The molecule has 4 aromatic rings. The van der Waals surface area contributed by atoms with E-state index in [0.717, 1.165) is 42.4 Å². The zero-order valence-electron chi connectivity index (χ0n) is 26.9. The van der Waals surface area contributed by atoms with Crippen LogP contribution in [-0.2, 0) is 28.2 Å². The quantitative estimate of drug-likeness (QED) is 0.136. The number of ether oxygens (including phenoxy) is 2. The number of anilines is 2. The first-order valence-corrected chi connectivity index (χ1v) is 13.1. The summed E-state index contributed by atoms with van der Waals surface area (Å²) in [6.45, 7) is 1.64. The molecule has 0 radical (unpaired) electrons. The molecule has 0 atom stereocenters. The average Bonchev–Trinajstić information content (AvgIpc) is 3.48. The lowest BCUT2D eigenvalue weighted by Crippen LogP contribution is -2.25. The molecule has 2 heterocycles. The van der Waals surface area contributed by atoms with Crippen LogP contribution in [0.4, 0.5) is 34.6 Å². The number of aryl methyl sites for hydroxylation is 4. The van der Waals surface area contributed by atoms with Crippen molar-refractivity contribution in [3.63, 3.8) is 0 Å². The highest BCUT2D eigenvalue weighted by atomic mass is 16.5. The predicted octanol–water partition coefficient (Wildman–Crippen LogP) is 4.51. The number of methoxy groups -OCH3 is 2. The number of benzene rings is 2. The van der Waals surface area contributed by atoms with Gasteiger partial charge in [-0.3, -0.25) is 0 Å². The summed E-state index contributed by atoms with van der Waals surface area (Å²) in [4.78, 5) is 4.35. The van der Waals surface area contributed by atoms with Gasteiger partial charge in [-0.15, -0.1) is 9.36 Å². The van der Waals surface area contributed by atoms with E-state index in [9.17, 15) is 0 Å². The Balaban J connectivity index is 0.00000323. The molecule has 14 heteroatoms. The summed E-state index contributed by atoms with van der Waals surface area (Å²) in [6.07, 6.45) is 4.29. The van der Waals surface area contributed by atoms with E-state index in [1.165, 1.54) is 0 Å². The van der Waals surface area contributed by atoms with Crippen LogP contribution >= 0.6 is 0 Å². The molecule has 0 N–H and O–H groups in total. The third-order valence-corrected chi connectivity index (χ3v) is 6.65. The van der Waals surface area contributed by atoms with Crippen LogP contribution < -0.4 is 28.4 Å². The predicted molar refractivity (Wildman–Crippen MR) is 167 cm³/mol. The zero-order chi connectivity index (χ0) is 29.5. The van der Waals surface area contributed by atoms with Crippen LogP contribution in [0.15, 0.2) is 69.5 Å². The minimum Gasteiger partial charge on any atom is -0.495 e. The van der Waals surface area contributed by atoms with Crippen molar-refractivity contribution in [3.8, 4) is 11.5 Å². The molecule has 43 heavy (non-hydrogen) atoms. The Bertz CT molecular complexity index is 1390. The second-order valence-corrected chi connectivity index (χ2v) is 9.64. The first kappa shape index (κ1) is 34.3. The molecule has 232 valence electrons. The third-order valence-electron chi connectivity index (χ3n) is 6.65. The summed E-state index contributed by atoms with van der Waals surface area (Å²) < 4.78 is 18.3. The van der Waals surface area contributed by atoms with Gasteiger partial charge in [0.05, 0.1) is 53.8 Å². The zero-order valence-corrected chi connectivity index (χ0v) is 26.9. The maximum atomic E-state index is 5.67. The smallest absolute Gasteiger partial charge is 0.403 e. The van der Waals surface area contributed by atoms with Crippen LogP contribution in [0.25, 0.3) is 0 Å². The van der Waals surface area contributed by atoms with Crippen molar-refractivity contribution in [1.29, 1.82) is 0 Å². The van der Waals surface area contributed by atoms with Crippen molar-refractivity contribution in [2.75, 3.05) is 51.2 Å². The normalized spacial score (nSPS) is 11.0. The van der Waals surface area contributed by atoms with Crippen LogP contribution in [0, 0.1) is 14.9 Å². The van der Waals surface area contributed by atoms with Gasteiger partial charge in [0.2, 0.25) is 12.7 Å². The van der Waals surface area contributed by atoms with E-state index >= 15 is 0 Å². The molecule has 0 saturated heterocycles. The SMILES string of the molecule is COc1cc(N=Nc2n(C)nc[n+]2C)ccc1N(C)CCCN(C)c1ccc(N=Nc2n(C)nc[n+]2C)cc1OC.[CH3-].[CH3-]. The second kappa shape index (κ2) is 15.4. The van der Waals surface area contributed by atoms with Gasteiger partial charge in [-0.2, -0.15) is 0 Å². The highest BCUT2D eigenvalue weighted by molar-refractivity contribution is 5.64. The molecule has 0 aliphatic carbocycles. The van der Waals surface area contributed by atoms with Crippen LogP contribution in [0.2, 0.25) is 0 Å². The fourth-order valence-electron chi connectivity index (χ4n) is 4.32. The van der Waals surface area contributed by atoms with Crippen LogP contribution in [0.3, 0.4) is 0 Å². The van der Waals surface area contributed by atoms with Gasteiger partial charge in [0.1, 0.15) is 22.9 Å². The van der Waals surface area contributed by atoms with Crippen molar-refractivity contribution in [3.05, 3.63) is 63.9 Å². The molecular weight excluding hydrogens is 548 g/mol. The summed E-state index contributed by atoms with van der Waals surface area (Å²) in [5.41, 5.74) is 3.36. The molecule has 14 nitrogen and oxygen atoms in total. The lowest BCUT2D eigenvalue weighted by molar-refractivity contribution is -0.659. The number of nitrogens with zero attached hydrogens (tertiary/aromatic N) is 12. The summed E-state index contributed by atoms with van der Waals surface area (Å²) >= 11 is 0. The van der Waals surface area contributed by atoms with Gasteiger partial charge in [-0.25, -0.2) is 9.13 Å². The van der Waals surface area contributed by atoms with Gasteiger partial charge < -0.3 is 34.1 Å². The third kappa shape index (κ3) is 8.11. The molecule has 0 aliphatic rings. The molecule has 0 saturated carbocycles. The Kier molecular flexibility index (Phi) is 12.3. The minimum absolute atomic E-state index is 0. The number of rotatable bonds is 12. The molecule has 0 bridgehead atoms. The Morgan fingerprint density at radius 1 is 0.698 bits per heavy atom. The molecule has 2 aromatic heterocycles. The maximum absolute atomic E-state index is 5.67. The molecule has 0 amide bonds. The van der Waals surface area contributed by atoms with Crippen molar-refractivity contribution < 1.29 is 18.6 Å².